The molecule has 0 aliphatic rings. The van der Waals surface area contributed by atoms with Gasteiger partial charge in [-0.15, -0.1) is 23.7 Å². The average molecular weight is 285 g/mol. The lowest BCUT2D eigenvalue weighted by Crippen LogP contribution is -2.01. The minimum atomic E-state index is -0.323. The zero-order chi connectivity index (χ0) is 12.3. The number of methoxy groups -OCH3 is 1. The molecular formula is C12H13ClN2O2S. The van der Waals surface area contributed by atoms with Gasteiger partial charge in [-0.3, -0.25) is 0 Å². The predicted octanol–water partition coefficient (Wildman–Crippen LogP) is 2.52. The number of halogens is 1. The summed E-state index contributed by atoms with van der Waals surface area (Å²) in [5.74, 6) is -0.323. The molecular weight excluding hydrogens is 272 g/mol. The van der Waals surface area contributed by atoms with Gasteiger partial charge in [0.25, 0.3) is 0 Å². The summed E-state index contributed by atoms with van der Waals surface area (Å²) >= 11 is 1.45. The maximum Gasteiger partial charge on any atom is 0.337 e. The number of ether oxygens (including phenoxy) is 1. The van der Waals surface area contributed by atoms with Crippen LogP contribution in [-0.4, -0.2) is 18.1 Å². The quantitative estimate of drug-likeness (QED) is 0.880. The van der Waals surface area contributed by atoms with E-state index >= 15 is 0 Å². The lowest BCUT2D eigenvalue weighted by Gasteiger charge is -2.02. The van der Waals surface area contributed by atoms with Crippen molar-refractivity contribution in [3.63, 3.8) is 0 Å². The molecule has 0 atom stereocenters. The van der Waals surface area contributed by atoms with Crippen LogP contribution in [0.25, 0.3) is 0 Å². The van der Waals surface area contributed by atoms with Gasteiger partial charge >= 0.3 is 5.97 Å². The Hall–Kier alpha value is -1.59. The van der Waals surface area contributed by atoms with Crippen LogP contribution in [0.3, 0.4) is 0 Å². The highest BCUT2D eigenvalue weighted by Gasteiger charge is 2.07. The minimum absolute atomic E-state index is 0. The van der Waals surface area contributed by atoms with Crippen molar-refractivity contribution in [1.29, 1.82) is 0 Å². The lowest BCUT2D eigenvalue weighted by molar-refractivity contribution is 0.0600. The lowest BCUT2D eigenvalue weighted by atomic mass is 10.1. The van der Waals surface area contributed by atoms with Gasteiger partial charge in [-0.2, -0.15) is 0 Å². The van der Waals surface area contributed by atoms with Crippen LogP contribution < -0.4 is 5.73 Å². The van der Waals surface area contributed by atoms with Gasteiger partial charge < -0.3 is 10.5 Å². The first-order chi connectivity index (χ1) is 8.19. The second-order valence-corrected chi connectivity index (χ2v) is 4.68. The third-order valence-electron chi connectivity index (χ3n) is 2.30. The molecule has 2 rings (SSSR count). The van der Waals surface area contributed by atoms with Crippen molar-refractivity contribution in [2.75, 3.05) is 12.8 Å². The number of carbonyl (C=O) groups is 1. The van der Waals surface area contributed by atoms with Gasteiger partial charge in [0, 0.05) is 17.5 Å². The number of nitrogens with two attached hydrogens (primary N) is 1. The Balaban J connectivity index is 0.00000162. The van der Waals surface area contributed by atoms with Crippen LogP contribution >= 0.6 is 23.7 Å². The van der Waals surface area contributed by atoms with Gasteiger partial charge in [0.15, 0.2) is 5.13 Å². The molecule has 18 heavy (non-hydrogen) atoms. The molecule has 1 heterocycles. The Morgan fingerprint density at radius 2 is 2.28 bits per heavy atom. The molecule has 6 heteroatoms. The highest BCUT2D eigenvalue weighted by molar-refractivity contribution is 7.15. The second kappa shape index (κ2) is 6.37. The summed E-state index contributed by atoms with van der Waals surface area (Å²) in [7, 11) is 1.37. The number of anilines is 1. The number of hydrogen-bond acceptors (Lipinski definition) is 5. The topological polar surface area (TPSA) is 65.2 Å². The zero-order valence-corrected chi connectivity index (χ0v) is 11.4. The Labute approximate surface area is 115 Å². The third-order valence-corrected chi connectivity index (χ3v) is 3.12. The maximum absolute atomic E-state index is 11.4. The SMILES string of the molecule is COC(=O)c1cccc(Cc2cnc(N)s2)c1.Cl. The Bertz CT molecular complexity index is 542. The Morgan fingerprint density at radius 1 is 1.50 bits per heavy atom. The van der Waals surface area contributed by atoms with E-state index in [1.165, 1.54) is 18.4 Å². The molecule has 0 bridgehead atoms. The van der Waals surface area contributed by atoms with E-state index in [0.717, 1.165) is 16.9 Å². The largest absolute Gasteiger partial charge is 0.465 e. The number of nitrogens with zero attached hydrogens (tertiary/aromatic N) is 1. The predicted molar refractivity (Wildman–Crippen MR) is 74.4 cm³/mol. The number of esters is 1. The van der Waals surface area contributed by atoms with Crippen molar-refractivity contribution < 1.29 is 9.53 Å². The number of thiazole rings is 1. The molecule has 96 valence electrons. The van der Waals surface area contributed by atoms with Crippen LogP contribution in [0.2, 0.25) is 0 Å². The van der Waals surface area contributed by atoms with Gasteiger partial charge in [-0.05, 0) is 17.7 Å². The summed E-state index contributed by atoms with van der Waals surface area (Å²) in [6, 6.07) is 7.35. The van der Waals surface area contributed by atoms with E-state index in [1.807, 2.05) is 18.2 Å². The minimum Gasteiger partial charge on any atom is -0.465 e. The summed E-state index contributed by atoms with van der Waals surface area (Å²) in [5.41, 5.74) is 7.16. The van der Waals surface area contributed by atoms with Gasteiger partial charge in [-0.25, -0.2) is 9.78 Å². The molecule has 0 aliphatic carbocycles. The second-order valence-electron chi connectivity index (χ2n) is 3.53. The molecule has 1 aromatic carbocycles. The molecule has 1 aromatic heterocycles. The fourth-order valence-electron chi connectivity index (χ4n) is 1.53. The van der Waals surface area contributed by atoms with Crippen molar-refractivity contribution in [3.05, 3.63) is 46.5 Å². The molecule has 2 N–H and O–H groups in total. The summed E-state index contributed by atoms with van der Waals surface area (Å²) in [5, 5.41) is 0.559. The number of nitrogen functional groups attached to an aromatic ring is 1. The number of aromatic nitrogens is 1. The molecule has 0 radical (unpaired) electrons. The van der Waals surface area contributed by atoms with Gasteiger partial charge in [-0.1, -0.05) is 12.1 Å². The first-order valence-electron chi connectivity index (χ1n) is 5.06. The van der Waals surface area contributed by atoms with Gasteiger partial charge in [0.1, 0.15) is 0 Å². The van der Waals surface area contributed by atoms with Crippen molar-refractivity contribution in [2.45, 2.75) is 6.42 Å². The fraction of sp³-hybridized carbons (Fsp3) is 0.167. The van der Waals surface area contributed by atoms with Gasteiger partial charge in [0.05, 0.1) is 12.7 Å². The zero-order valence-electron chi connectivity index (χ0n) is 9.75. The van der Waals surface area contributed by atoms with E-state index in [0.29, 0.717) is 10.7 Å². The molecule has 0 amide bonds. The first-order valence-corrected chi connectivity index (χ1v) is 5.88. The molecule has 0 fully saturated rings. The molecule has 0 aliphatic heterocycles. The van der Waals surface area contributed by atoms with Crippen LogP contribution in [0.15, 0.2) is 30.5 Å². The molecule has 0 saturated carbocycles. The van der Waals surface area contributed by atoms with Crippen LogP contribution in [0.4, 0.5) is 5.13 Å². The van der Waals surface area contributed by atoms with Crippen LogP contribution in [0.5, 0.6) is 0 Å². The highest BCUT2D eigenvalue weighted by Crippen LogP contribution is 2.19. The number of rotatable bonds is 3. The summed E-state index contributed by atoms with van der Waals surface area (Å²) in [4.78, 5) is 16.4. The Morgan fingerprint density at radius 3 is 2.89 bits per heavy atom. The highest BCUT2D eigenvalue weighted by atomic mass is 35.5. The van der Waals surface area contributed by atoms with E-state index in [9.17, 15) is 4.79 Å². The number of carbonyl (C=O) groups excluding carboxylic acids is 1. The normalized spacial score (nSPS) is 9.61. The summed E-state index contributed by atoms with van der Waals surface area (Å²) in [6.45, 7) is 0. The van der Waals surface area contributed by atoms with Crippen molar-refractivity contribution >= 4 is 34.8 Å². The summed E-state index contributed by atoms with van der Waals surface area (Å²) in [6.07, 6.45) is 2.48. The average Bonchev–Trinajstić information content (AvgIpc) is 2.74. The van der Waals surface area contributed by atoms with Crippen molar-refractivity contribution in [1.82, 2.24) is 4.98 Å². The third kappa shape index (κ3) is 3.45. The first kappa shape index (κ1) is 14.5. The standard InChI is InChI=1S/C12H12N2O2S.ClH/c1-16-11(15)9-4-2-3-8(5-9)6-10-7-14-12(13)17-10;/h2-5,7H,6H2,1H3,(H2,13,14);1H. The van der Waals surface area contributed by atoms with E-state index in [-0.39, 0.29) is 18.4 Å². The molecule has 0 unspecified atom stereocenters. The van der Waals surface area contributed by atoms with Crippen LogP contribution in [-0.2, 0) is 11.2 Å². The maximum atomic E-state index is 11.4. The fourth-order valence-corrected chi connectivity index (χ4v) is 2.25. The molecule has 2 aromatic rings. The van der Waals surface area contributed by atoms with E-state index < -0.39 is 0 Å². The van der Waals surface area contributed by atoms with E-state index in [4.69, 9.17) is 5.73 Å². The molecule has 0 spiro atoms. The van der Waals surface area contributed by atoms with Crippen LogP contribution in [0.1, 0.15) is 20.8 Å². The van der Waals surface area contributed by atoms with Crippen molar-refractivity contribution in [2.24, 2.45) is 0 Å². The van der Waals surface area contributed by atoms with E-state index in [2.05, 4.69) is 9.72 Å². The number of hydrogen-bond donors (Lipinski definition) is 1. The van der Waals surface area contributed by atoms with Crippen LogP contribution in [0, 0.1) is 0 Å². The van der Waals surface area contributed by atoms with E-state index in [1.54, 1.807) is 12.3 Å². The smallest absolute Gasteiger partial charge is 0.337 e. The molecule has 4 nitrogen and oxygen atoms in total. The van der Waals surface area contributed by atoms with Gasteiger partial charge in [0.2, 0.25) is 0 Å². The van der Waals surface area contributed by atoms with Crippen molar-refractivity contribution in [3.8, 4) is 0 Å². The monoisotopic (exact) mass is 284 g/mol. The molecule has 0 saturated heterocycles. The Kier molecular flexibility index (Phi) is 5.12. The summed E-state index contributed by atoms with van der Waals surface area (Å²) < 4.78 is 4.68. The number of benzene rings is 1.